The van der Waals surface area contributed by atoms with E-state index in [0.29, 0.717) is 37.3 Å². The van der Waals surface area contributed by atoms with Gasteiger partial charge in [-0.3, -0.25) is 4.72 Å². The van der Waals surface area contributed by atoms with E-state index in [2.05, 4.69) is 26.8 Å². The van der Waals surface area contributed by atoms with Crippen LogP contribution in [0.2, 0.25) is 0 Å². The Morgan fingerprint density at radius 2 is 1.78 bits per heavy atom. The topological polar surface area (TPSA) is 98.0 Å². The molecular formula is C16H18N4O2S. The second-order valence-corrected chi connectivity index (χ2v) is 8.35. The van der Waals surface area contributed by atoms with Gasteiger partial charge in [0.15, 0.2) is 5.82 Å². The summed E-state index contributed by atoms with van der Waals surface area (Å²) < 4.78 is 26.6. The van der Waals surface area contributed by atoms with Crippen molar-refractivity contribution < 1.29 is 8.42 Å². The highest BCUT2D eigenvalue weighted by Gasteiger charge is 2.39. The smallest absolute Gasteiger partial charge is 0.236 e. The lowest BCUT2D eigenvalue weighted by molar-refractivity contribution is 0.442. The van der Waals surface area contributed by atoms with Crippen LogP contribution in [0.4, 0.5) is 5.82 Å². The first kappa shape index (κ1) is 14.6. The zero-order valence-electron chi connectivity index (χ0n) is 12.6. The van der Waals surface area contributed by atoms with Gasteiger partial charge in [-0.2, -0.15) is 0 Å². The minimum Gasteiger partial charge on any atom is -0.318 e. The summed E-state index contributed by atoms with van der Waals surface area (Å²) >= 11 is 0. The molecule has 0 unspecified atom stereocenters. The van der Waals surface area contributed by atoms with Crippen LogP contribution in [0.1, 0.15) is 29.8 Å². The molecule has 1 saturated carbocycles. The Hall–Kier alpha value is -1.99. The summed E-state index contributed by atoms with van der Waals surface area (Å²) in [6, 6.07) is 9.67. The molecule has 0 atom stereocenters. The predicted molar refractivity (Wildman–Crippen MR) is 87.3 cm³/mol. The van der Waals surface area contributed by atoms with Crippen LogP contribution in [-0.4, -0.2) is 23.6 Å². The maximum atomic E-state index is 12.1. The van der Waals surface area contributed by atoms with Crippen molar-refractivity contribution in [3.63, 3.8) is 0 Å². The fourth-order valence-electron chi connectivity index (χ4n) is 3.07. The Balaban J connectivity index is 1.62. The number of sulfonamides is 1. The largest absolute Gasteiger partial charge is 0.318 e. The molecule has 0 saturated heterocycles. The number of fused-ring (bicyclic) bond motifs is 1. The standard InChI is InChI=1S/C16H18N4O2S/c17-16(9-11-3-1-2-4-12(11)10-16)15-18-8-7-14(19-15)20-23(21,22)13-5-6-13/h1-4,7-8,13H,5-6,9-10,17H2,(H,18,19,20). The van der Waals surface area contributed by atoms with E-state index >= 15 is 0 Å². The van der Waals surface area contributed by atoms with Gasteiger partial charge in [0.25, 0.3) is 0 Å². The fourth-order valence-corrected chi connectivity index (χ4v) is 4.39. The predicted octanol–water partition coefficient (Wildman–Crippen LogP) is 1.33. The van der Waals surface area contributed by atoms with Crippen molar-refractivity contribution in [1.29, 1.82) is 0 Å². The third-order valence-electron chi connectivity index (χ3n) is 4.44. The number of benzene rings is 1. The van der Waals surface area contributed by atoms with Gasteiger partial charge in [-0.15, -0.1) is 0 Å². The molecule has 0 spiro atoms. The summed E-state index contributed by atoms with van der Waals surface area (Å²) in [4.78, 5) is 8.67. The second kappa shape index (κ2) is 5.01. The quantitative estimate of drug-likeness (QED) is 0.881. The first-order valence-electron chi connectivity index (χ1n) is 7.67. The summed E-state index contributed by atoms with van der Waals surface area (Å²) in [6.07, 6.45) is 4.29. The van der Waals surface area contributed by atoms with E-state index in [-0.39, 0.29) is 5.25 Å². The Morgan fingerprint density at radius 3 is 2.39 bits per heavy atom. The third kappa shape index (κ3) is 2.70. The van der Waals surface area contributed by atoms with Crippen molar-refractivity contribution in [2.45, 2.75) is 36.5 Å². The van der Waals surface area contributed by atoms with E-state index in [9.17, 15) is 8.42 Å². The van der Waals surface area contributed by atoms with Crippen LogP contribution >= 0.6 is 0 Å². The van der Waals surface area contributed by atoms with E-state index in [0.717, 1.165) is 0 Å². The average Bonchev–Trinajstić information content (AvgIpc) is 3.30. The van der Waals surface area contributed by atoms with Crippen molar-refractivity contribution in [3.8, 4) is 0 Å². The van der Waals surface area contributed by atoms with Crippen LogP contribution in [0.25, 0.3) is 0 Å². The first-order valence-corrected chi connectivity index (χ1v) is 9.22. The first-order chi connectivity index (χ1) is 11.0. The fraction of sp³-hybridized carbons (Fsp3) is 0.375. The van der Waals surface area contributed by atoms with E-state index < -0.39 is 15.6 Å². The van der Waals surface area contributed by atoms with Crippen LogP contribution in [0.3, 0.4) is 0 Å². The van der Waals surface area contributed by atoms with Gasteiger partial charge in [0, 0.05) is 6.20 Å². The highest BCUT2D eigenvalue weighted by molar-refractivity contribution is 7.93. The van der Waals surface area contributed by atoms with Crippen LogP contribution in [0.15, 0.2) is 36.5 Å². The molecule has 1 heterocycles. The Morgan fingerprint density at radius 1 is 1.13 bits per heavy atom. The summed E-state index contributed by atoms with van der Waals surface area (Å²) in [5.74, 6) is 0.771. The van der Waals surface area contributed by atoms with Crippen LogP contribution in [0.5, 0.6) is 0 Å². The van der Waals surface area contributed by atoms with Gasteiger partial charge in [-0.25, -0.2) is 18.4 Å². The third-order valence-corrected chi connectivity index (χ3v) is 6.28. The number of nitrogens with zero attached hydrogens (tertiary/aromatic N) is 2. The van der Waals surface area contributed by atoms with Gasteiger partial charge >= 0.3 is 0 Å². The van der Waals surface area contributed by atoms with E-state index in [1.54, 1.807) is 12.3 Å². The molecule has 0 bridgehead atoms. The Labute approximate surface area is 135 Å². The molecule has 1 aromatic heterocycles. The lowest BCUT2D eigenvalue weighted by Gasteiger charge is -2.22. The SMILES string of the molecule is NC1(c2nccc(NS(=O)(=O)C3CC3)n2)Cc2ccccc2C1. The maximum Gasteiger partial charge on any atom is 0.236 e. The van der Waals surface area contributed by atoms with E-state index in [1.165, 1.54) is 11.1 Å². The average molecular weight is 330 g/mol. The van der Waals surface area contributed by atoms with Gasteiger partial charge in [0.1, 0.15) is 5.82 Å². The summed E-state index contributed by atoms with van der Waals surface area (Å²) in [5.41, 5.74) is 8.24. The minimum absolute atomic E-state index is 0.288. The van der Waals surface area contributed by atoms with Gasteiger partial charge in [0.05, 0.1) is 10.8 Å². The Kier molecular flexibility index (Phi) is 3.18. The van der Waals surface area contributed by atoms with Crippen molar-refractivity contribution in [1.82, 2.24) is 9.97 Å². The minimum atomic E-state index is -3.33. The molecule has 6 nitrogen and oxygen atoms in total. The molecule has 2 aliphatic carbocycles. The second-order valence-electron chi connectivity index (χ2n) is 6.39. The summed E-state index contributed by atoms with van der Waals surface area (Å²) in [6.45, 7) is 0. The molecule has 120 valence electrons. The monoisotopic (exact) mass is 330 g/mol. The molecule has 1 fully saturated rings. The lowest BCUT2D eigenvalue weighted by atomic mass is 9.96. The van der Waals surface area contributed by atoms with Crippen LogP contribution in [0, 0.1) is 0 Å². The molecule has 4 rings (SSSR count). The van der Waals surface area contributed by atoms with Crippen molar-refractivity contribution in [2.75, 3.05) is 4.72 Å². The number of anilines is 1. The molecule has 2 aliphatic rings. The lowest BCUT2D eigenvalue weighted by Crippen LogP contribution is -2.39. The molecule has 0 amide bonds. The number of aromatic nitrogens is 2. The maximum absolute atomic E-state index is 12.1. The molecule has 23 heavy (non-hydrogen) atoms. The van der Waals surface area contributed by atoms with E-state index in [4.69, 9.17) is 5.73 Å². The number of nitrogens with two attached hydrogens (primary N) is 1. The molecule has 0 radical (unpaired) electrons. The normalized spacial score (nSPS) is 19.3. The van der Waals surface area contributed by atoms with Crippen molar-refractivity contribution in [3.05, 3.63) is 53.5 Å². The summed E-state index contributed by atoms with van der Waals surface area (Å²) in [5, 5.41) is -0.288. The zero-order chi connectivity index (χ0) is 16.1. The molecule has 2 aromatic rings. The number of hydrogen-bond acceptors (Lipinski definition) is 5. The molecule has 1 aromatic carbocycles. The van der Waals surface area contributed by atoms with Gasteiger partial charge < -0.3 is 5.73 Å². The van der Waals surface area contributed by atoms with Gasteiger partial charge in [-0.05, 0) is 42.9 Å². The summed E-state index contributed by atoms with van der Waals surface area (Å²) in [7, 11) is -3.33. The van der Waals surface area contributed by atoms with Gasteiger partial charge in [-0.1, -0.05) is 24.3 Å². The van der Waals surface area contributed by atoms with Gasteiger partial charge in [0.2, 0.25) is 10.0 Å². The number of nitrogens with one attached hydrogen (secondary N) is 1. The van der Waals surface area contributed by atoms with E-state index in [1.807, 2.05) is 12.1 Å². The van der Waals surface area contributed by atoms with Crippen molar-refractivity contribution >= 4 is 15.8 Å². The number of hydrogen-bond donors (Lipinski definition) is 2. The Bertz CT molecular complexity index is 837. The zero-order valence-corrected chi connectivity index (χ0v) is 13.4. The molecular weight excluding hydrogens is 312 g/mol. The molecule has 7 heteroatoms. The molecule has 0 aliphatic heterocycles. The van der Waals surface area contributed by atoms with Crippen LogP contribution in [-0.2, 0) is 28.4 Å². The highest BCUT2D eigenvalue weighted by atomic mass is 32.2. The highest BCUT2D eigenvalue weighted by Crippen LogP contribution is 2.34. The number of rotatable bonds is 4. The molecule has 3 N–H and O–H groups in total. The van der Waals surface area contributed by atoms with Crippen LogP contribution < -0.4 is 10.5 Å². The van der Waals surface area contributed by atoms with Crippen molar-refractivity contribution in [2.24, 2.45) is 5.73 Å².